The number of esters is 1. The Hall–Kier alpha value is -2.70. The van der Waals surface area contributed by atoms with Crippen molar-refractivity contribution in [1.82, 2.24) is 10.2 Å². The van der Waals surface area contributed by atoms with Crippen LogP contribution in [0, 0.1) is 5.92 Å². The summed E-state index contributed by atoms with van der Waals surface area (Å²) in [5.74, 6) is -1.36. The Balaban J connectivity index is 2.18. The fraction of sp³-hybridized carbons (Fsp3) is 0.474. The van der Waals surface area contributed by atoms with Crippen molar-refractivity contribution in [3.63, 3.8) is 0 Å². The lowest BCUT2D eigenvalue weighted by Gasteiger charge is -2.16. The first-order valence-corrected chi connectivity index (χ1v) is 8.66. The number of carbonyl (C=O) groups is 4. The standard InChI is InChI=1S/C19H24N2O5/c1-5-13(9-16(22)26-4)20-17(23)12-6-7-14-15(8-12)19(25)21(18(14)24)10-11(2)3/h6-8,11,13H,5,9-10H2,1-4H3,(H,20,23). The number of nitrogens with zero attached hydrogens (tertiary/aromatic N) is 1. The third kappa shape index (κ3) is 4.09. The van der Waals surface area contributed by atoms with Gasteiger partial charge in [0, 0.05) is 18.2 Å². The van der Waals surface area contributed by atoms with Crippen molar-refractivity contribution in [3.8, 4) is 0 Å². The molecule has 1 heterocycles. The van der Waals surface area contributed by atoms with E-state index in [9.17, 15) is 19.2 Å². The minimum atomic E-state index is -0.406. The van der Waals surface area contributed by atoms with Crippen molar-refractivity contribution in [2.75, 3.05) is 13.7 Å². The van der Waals surface area contributed by atoms with Gasteiger partial charge in [0.1, 0.15) is 0 Å². The Morgan fingerprint density at radius 1 is 1.15 bits per heavy atom. The summed E-state index contributed by atoms with van der Waals surface area (Å²) in [6, 6.07) is 4.10. The van der Waals surface area contributed by atoms with Crippen LogP contribution in [0.15, 0.2) is 18.2 Å². The van der Waals surface area contributed by atoms with Crippen molar-refractivity contribution < 1.29 is 23.9 Å². The molecule has 1 atom stereocenters. The molecule has 0 spiro atoms. The van der Waals surface area contributed by atoms with Crippen molar-refractivity contribution >= 4 is 23.7 Å². The smallest absolute Gasteiger partial charge is 0.307 e. The highest BCUT2D eigenvalue weighted by atomic mass is 16.5. The number of imide groups is 1. The van der Waals surface area contributed by atoms with E-state index in [1.807, 2.05) is 20.8 Å². The first kappa shape index (κ1) is 19.6. The molecule has 0 radical (unpaired) electrons. The third-order valence-electron chi connectivity index (χ3n) is 4.25. The molecule has 1 aliphatic heterocycles. The number of ether oxygens (including phenoxy) is 1. The highest BCUT2D eigenvalue weighted by Gasteiger charge is 2.36. The Morgan fingerprint density at radius 3 is 2.38 bits per heavy atom. The molecule has 0 saturated heterocycles. The quantitative estimate of drug-likeness (QED) is 0.593. The summed E-state index contributed by atoms with van der Waals surface area (Å²) < 4.78 is 4.62. The Morgan fingerprint density at radius 2 is 1.81 bits per heavy atom. The number of fused-ring (bicyclic) bond motifs is 1. The van der Waals surface area contributed by atoms with E-state index in [2.05, 4.69) is 10.1 Å². The number of rotatable bonds is 7. The van der Waals surface area contributed by atoms with Crippen LogP contribution in [0.25, 0.3) is 0 Å². The molecule has 1 N–H and O–H groups in total. The summed E-state index contributed by atoms with van der Waals surface area (Å²) >= 11 is 0. The van der Waals surface area contributed by atoms with Gasteiger partial charge in [-0.1, -0.05) is 20.8 Å². The predicted octanol–water partition coefficient (Wildman–Crippen LogP) is 2.01. The monoisotopic (exact) mass is 360 g/mol. The number of nitrogens with one attached hydrogen (secondary N) is 1. The molecule has 26 heavy (non-hydrogen) atoms. The maximum absolute atomic E-state index is 12.5. The Bertz CT molecular complexity index is 741. The lowest BCUT2D eigenvalue weighted by molar-refractivity contribution is -0.141. The largest absolute Gasteiger partial charge is 0.469 e. The molecule has 2 rings (SSSR count). The maximum atomic E-state index is 12.5. The molecule has 1 aliphatic rings. The zero-order valence-electron chi connectivity index (χ0n) is 15.5. The molecule has 7 nitrogen and oxygen atoms in total. The van der Waals surface area contributed by atoms with Crippen molar-refractivity contribution in [1.29, 1.82) is 0 Å². The van der Waals surface area contributed by atoms with Gasteiger partial charge in [0.15, 0.2) is 0 Å². The molecule has 0 fully saturated rings. The topological polar surface area (TPSA) is 92.8 Å². The molecule has 7 heteroatoms. The summed E-state index contributed by atoms with van der Waals surface area (Å²) in [5.41, 5.74) is 0.831. The van der Waals surface area contributed by atoms with E-state index in [1.54, 1.807) is 0 Å². The van der Waals surface area contributed by atoms with Gasteiger partial charge in [0.2, 0.25) is 0 Å². The van der Waals surface area contributed by atoms with Crippen molar-refractivity contribution in [2.24, 2.45) is 5.92 Å². The number of carbonyl (C=O) groups excluding carboxylic acids is 4. The molecule has 3 amide bonds. The van der Waals surface area contributed by atoms with Gasteiger partial charge in [-0.15, -0.1) is 0 Å². The van der Waals surface area contributed by atoms with Crippen molar-refractivity contribution in [3.05, 3.63) is 34.9 Å². The van der Waals surface area contributed by atoms with Crippen LogP contribution >= 0.6 is 0 Å². The van der Waals surface area contributed by atoms with E-state index in [0.717, 1.165) is 0 Å². The van der Waals surface area contributed by atoms with E-state index in [-0.39, 0.29) is 41.3 Å². The summed E-state index contributed by atoms with van der Waals surface area (Å²) in [4.78, 5) is 49.9. The van der Waals surface area contributed by atoms with Gasteiger partial charge >= 0.3 is 5.97 Å². The zero-order valence-corrected chi connectivity index (χ0v) is 15.5. The van der Waals surface area contributed by atoms with E-state index in [1.165, 1.54) is 30.2 Å². The number of hydrogen-bond acceptors (Lipinski definition) is 5. The fourth-order valence-corrected chi connectivity index (χ4v) is 2.81. The summed E-state index contributed by atoms with van der Waals surface area (Å²) in [6.07, 6.45) is 0.634. The van der Waals surface area contributed by atoms with Gasteiger partial charge in [0.25, 0.3) is 17.7 Å². The SMILES string of the molecule is CCC(CC(=O)OC)NC(=O)c1ccc2c(c1)C(=O)N(CC(C)C)C2=O. The predicted molar refractivity (Wildman–Crippen MR) is 94.8 cm³/mol. The minimum absolute atomic E-state index is 0.0727. The molecule has 0 aliphatic carbocycles. The average molecular weight is 360 g/mol. The van der Waals surface area contributed by atoms with E-state index in [4.69, 9.17) is 0 Å². The highest BCUT2D eigenvalue weighted by molar-refractivity contribution is 6.22. The van der Waals surface area contributed by atoms with Crippen LogP contribution in [0.3, 0.4) is 0 Å². The van der Waals surface area contributed by atoms with Crippen LogP contribution in [-0.2, 0) is 9.53 Å². The molecule has 1 aromatic rings. The van der Waals surface area contributed by atoms with Gasteiger partial charge in [-0.2, -0.15) is 0 Å². The van der Waals surface area contributed by atoms with E-state index in [0.29, 0.717) is 18.5 Å². The molecule has 0 bridgehead atoms. The molecule has 140 valence electrons. The first-order valence-electron chi connectivity index (χ1n) is 8.66. The second-order valence-corrected chi connectivity index (χ2v) is 6.73. The zero-order chi connectivity index (χ0) is 19.4. The van der Waals surface area contributed by atoms with Crippen LogP contribution in [-0.4, -0.2) is 48.3 Å². The summed E-state index contributed by atoms with van der Waals surface area (Å²) in [5, 5.41) is 2.76. The minimum Gasteiger partial charge on any atom is -0.469 e. The van der Waals surface area contributed by atoms with Crippen LogP contribution in [0.1, 0.15) is 64.7 Å². The van der Waals surface area contributed by atoms with Crippen LogP contribution in [0.4, 0.5) is 0 Å². The maximum Gasteiger partial charge on any atom is 0.307 e. The number of hydrogen-bond donors (Lipinski definition) is 1. The Labute approximate surface area is 152 Å². The van der Waals surface area contributed by atoms with Gasteiger partial charge in [-0.3, -0.25) is 24.1 Å². The third-order valence-corrected chi connectivity index (χ3v) is 4.25. The lowest BCUT2D eigenvalue weighted by Crippen LogP contribution is -2.36. The fourth-order valence-electron chi connectivity index (χ4n) is 2.81. The molecule has 0 saturated carbocycles. The van der Waals surface area contributed by atoms with Gasteiger partial charge in [-0.05, 0) is 30.5 Å². The van der Waals surface area contributed by atoms with Crippen LogP contribution in [0.5, 0.6) is 0 Å². The van der Waals surface area contributed by atoms with Crippen molar-refractivity contribution in [2.45, 2.75) is 39.7 Å². The Kier molecular flexibility index (Phi) is 6.13. The lowest BCUT2D eigenvalue weighted by atomic mass is 10.0. The summed E-state index contributed by atoms with van der Waals surface area (Å²) in [6.45, 7) is 6.04. The molecule has 1 aromatic carbocycles. The van der Waals surface area contributed by atoms with Gasteiger partial charge in [0.05, 0.1) is 24.7 Å². The highest BCUT2D eigenvalue weighted by Crippen LogP contribution is 2.25. The van der Waals surface area contributed by atoms with E-state index < -0.39 is 11.9 Å². The first-order chi connectivity index (χ1) is 12.3. The molecular formula is C19H24N2O5. The molecular weight excluding hydrogens is 336 g/mol. The normalized spacial score (nSPS) is 14.4. The average Bonchev–Trinajstić information content (AvgIpc) is 2.84. The molecule has 1 unspecified atom stereocenters. The van der Waals surface area contributed by atoms with E-state index >= 15 is 0 Å². The van der Waals surface area contributed by atoms with Crippen LogP contribution < -0.4 is 5.32 Å². The van der Waals surface area contributed by atoms with Gasteiger partial charge < -0.3 is 10.1 Å². The second-order valence-electron chi connectivity index (χ2n) is 6.73. The molecule has 0 aromatic heterocycles. The van der Waals surface area contributed by atoms with Gasteiger partial charge in [-0.25, -0.2) is 0 Å². The second kappa shape index (κ2) is 8.12. The number of amides is 3. The number of benzene rings is 1. The summed E-state index contributed by atoms with van der Waals surface area (Å²) in [7, 11) is 1.29. The number of methoxy groups -OCH3 is 1. The van der Waals surface area contributed by atoms with Crippen LogP contribution in [0.2, 0.25) is 0 Å².